The number of nitrogens with two attached hydrogens (primary N) is 1. The molecule has 2 N–H and O–H groups in total. The molecule has 1 fully saturated rings. The van der Waals surface area contributed by atoms with Crippen molar-refractivity contribution in [3.8, 4) is 0 Å². The average Bonchev–Trinajstić information content (AvgIpc) is 2.55. The molecule has 24 heavy (non-hydrogen) atoms. The van der Waals surface area contributed by atoms with Crippen molar-refractivity contribution in [3.05, 3.63) is 59.7 Å². The van der Waals surface area contributed by atoms with E-state index in [-0.39, 0.29) is 0 Å². The van der Waals surface area contributed by atoms with Crippen LogP contribution >= 0.6 is 0 Å². The highest BCUT2D eigenvalue weighted by molar-refractivity contribution is 5.48. The van der Waals surface area contributed by atoms with Gasteiger partial charge in [0, 0.05) is 44.1 Å². The number of nitrogens with zero attached hydrogens (tertiary/aromatic N) is 2. The maximum Gasteiger partial charge on any atom is 0.416 e. The van der Waals surface area contributed by atoms with E-state index < -0.39 is 11.7 Å². The molecule has 2 aromatic rings. The number of hydrogen-bond donors (Lipinski definition) is 1. The lowest BCUT2D eigenvalue weighted by Crippen LogP contribution is -2.45. The van der Waals surface area contributed by atoms with Crippen molar-refractivity contribution in [2.75, 3.05) is 36.8 Å². The molecule has 0 radical (unpaired) electrons. The number of alkyl halides is 3. The Hall–Kier alpha value is -2.21. The molecule has 0 spiro atoms. The van der Waals surface area contributed by atoms with E-state index in [1.54, 1.807) is 12.1 Å². The van der Waals surface area contributed by atoms with Gasteiger partial charge in [-0.15, -0.1) is 0 Å². The first-order valence-electron chi connectivity index (χ1n) is 7.91. The van der Waals surface area contributed by atoms with Crippen LogP contribution in [0.2, 0.25) is 0 Å². The van der Waals surface area contributed by atoms with Crippen LogP contribution in [0.1, 0.15) is 11.1 Å². The first-order chi connectivity index (χ1) is 11.4. The fourth-order valence-electron chi connectivity index (χ4n) is 2.98. The van der Waals surface area contributed by atoms with Gasteiger partial charge in [-0.2, -0.15) is 13.2 Å². The number of nitrogen functional groups attached to an aromatic ring is 1. The smallest absolute Gasteiger partial charge is 0.399 e. The molecule has 0 saturated carbocycles. The number of piperazine rings is 1. The van der Waals surface area contributed by atoms with Crippen LogP contribution in [-0.2, 0) is 12.7 Å². The van der Waals surface area contributed by atoms with E-state index in [1.807, 2.05) is 18.2 Å². The third-order valence-electron chi connectivity index (χ3n) is 4.29. The molecular formula is C18H20F3N3. The first-order valence-corrected chi connectivity index (χ1v) is 7.91. The van der Waals surface area contributed by atoms with Gasteiger partial charge >= 0.3 is 6.18 Å². The van der Waals surface area contributed by atoms with Gasteiger partial charge in [0.1, 0.15) is 0 Å². The number of halogens is 3. The largest absolute Gasteiger partial charge is 0.416 e. The van der Waals surface area contributed by atoms with E-state index in [2.05, 4.69) is 15.9 Å². The number of rotatable bonds is 3. The Kier molecular flexibility index (Phi) is 4.66. The minimum absolute atomic E-state index is 0.605. The predicted octanol–water partition coefficient (Wildman–Crippen LogP) is 3.61. The Balaban J connectivity index is 1.57. The van der Waals surface area contributed by atoms with E-state index in [9.17, 15) is 13.2 Å². The second kappa shape index (κ2) is 6.73. The van der Waals surface area contributed by atoms with Gasteiger partial charge in [0.25, 0.3) is 0 Å². The molecule has 0 aromatic heterocycles. The topological polar surface area (TPSA) is 32.5 Å². The Labute approximate surface area is 139 Å². The second-order valence-electron chi connectivity index (χ2n) is 6.05. The third kappa shape index (κ3) is 4.00. The van der Waals surface area contributed by atoms with Crippen molar-refractivity contribution >= 4 is 11.4 Å². The summed E-state index contributed by atoms with van der Waals surface area (Å²) in [4.78, 5) is 4.45. The first kappa shape index (κ1) is 16.6. The summed E-state index contributed by atoms with van der Waals surface area (Å²) in [6.07, 6.45) is -4.28. The molecule has 128 valence electrons. The minimum atomic E-state index is -4.28. The van der Waals surface area contributed by atoms with Crippen LogP contribution in [0.25, 0.3) is 0 Å². The fraction of sp³-hybridized carbons (Fsp3) is 0.333. The lowest BCUT2D eigenvalue weighted by molar-refractivity contribution is -0.137. The van der Waals surface area contributed by atoms with Crippen LogP contribution in [0.15, 0.2) is 48.5 Å². The quantitative estimate of drug-likeness (QED) is 0.870. The minimum Gasteiger partial charge on any atom is -0.399 e. The van der Waals surface area contributed by atoms with Crippen LogP contribution in [0, 0.1) is 0 Å². The van der Waals surface area contributed by atoms with Gasteiger partial charge in [-0.1, -0.05) is 12.1 Å². The maximum absolute atomic E-state index is 12.6. The number of benzene rings is 2. The molecule has 0 bridgehead atoms. The van der Waals surface area contributed by atoms with Crippen molar-refractivity contribution in [3.63, 3.8) is 0 Å². The molecule has 6 heteroatoms. The van der Waals surface area contributed by atoms with Crippen molar-refractivity contribution in [2.24, 2.45) is 0 Å². The van der Waals surface area contributed by atoms with E-state index in [4.69, 9.17) is 5.73 Å². The maximum atomic E-state index is 12.6. The van der Waals surface area contributed by atoms with Crippen molar-refractivity contribution in [2.45, 2.75) is 12.7 Å². The van der Waals surface area contributed by atoms with E-state index in [1.165, 1.54) is 5.56 Å². The highest BCUT2D eigenvalue weighted by atomic mass is 19.4. The summed E-state index contributed by atoms with van der Waals surface area (Å²) in [5.74, 6) is 0. The zero-order valence-electron chi connectivity index (χ0n) is 13.3. The van der Waals surface area contributed by atoms with Crippen molar-refractivity contribution in [1.82, 2.24) is 4.90 Å². The zero-order chi connectivity index (χ0) is 17.2. The average molecular weight is 335 g/mol. The van der Waals surface area contributed by atoms with Crippen LogP contribution in [0.4, 0.5) is 24.5 Å². The van der Waals surface area contributed by atoms with E-state index in [0.29, 0.717) is 0 Å². The van der Waals surface area contributed by atoms with Crippen molar-refractivity contribution in [1.29, 1.82) is 0 Å². The molecular weight excluding hydrogens is 315 g/mol. The third-order valence-corrected chi connectivity index (χ3v) is 4.29. The van der Waals surface area contributed by atoms with Crippen LogP contribution in [-0.4, -0.2) is 31.1 Å². The monoisotopic (exact) mass is 335 g/mol. The standard InChI is InChI=1S/C18H20F3N3/c19-18(20,21)15-4-6-17(7-5-15)24-10-8-23(9-11-24)13-14-2-1-3-16(22)12-14/h1-7,12H,8-11,13,22H2. The summed E-state index contributed by atoms with van der Waals surface area (Å²) in [7, 11) is 0. The summed E-state index contributed by atoms with van der Waals surface area (Å²) in [5, 5.41) is 0. The van der Waals surface area contributed by atoms with E-state index >= 15 is 0 Å². The summed E-state index contributed by atoms with van der Waals surface area (Å²) in [5.41, 5.74) is 7.97. The fourth-order valence-corrected chi connectivity index (χ4v) is 2.98. The van der Waals surface area contributed by atoms with E-state index in [0.717, 1.165) is 56.2 Å². The predicted molar refractivity (Wildman–Crippen MR) is 89.8 cm³/mol. The second-order valence-corrected chi connectivity index (χ2v) is 6.05. The molecule has 0 aliphatic carbocycles. The summed E-state index contributed by atoms with van der Waals surface area (Å²) in [6, 6.07) is 13.2. The van der Waals surface area contributed by atoms with Crippen molar-refractivity contribution < 1.29 is 13.2 Å². The Morgan fingerprint density at radius 2 is 1.58 bits per heavy atom. The molecule has 1 heterocycles. The van der Waals surface area contributed by atoms with Gasteiger partial charge in [0.2, 0.25) is 0 Å². The lowest BCUT2D eigenvalue weighted by Gasteiger charge is -2.36. The van der Waals surface area contributed by atoms with Crippen LogP contribution in [0.5, 0.6) is 0 Å². The molecule has 2 aromatic carbocycles. The molecule has 1 aliphatic heterocycles. The van der Waals surface area contributed by atoms with Gasteiger partial charge in [-0.3, -0.25) is 4.90 Å². The highest BCUT2D eigenvalue weighted by Gasteiger charge is 2.30. The summed E-state index contributed by atoms with van der Waals surface area (Å²) in [6.45, 7) is 4.18. The van der Waals surface area contributed by atoms with Gasteiger partial charge in [0.15, 0.2) is 0 Å². The van der Waals surface area contributed by atoms with Gasteiger partial charge in [-0.25, -0.2) is 0 Å². The molecule has 1 aliphatic rings. The molecule has 3 rings (SSSR count). The zero-order valence-corrected chi connectivity index (χ0v) is 13.3. The Bertz CT molecular complexity index is 675. The molecule has 0 amide bonds. The summed E-state index contributed by atoms with van der Waals surface area (Å²) < 4.78 is 37.9. The number of hydrogen-bond acceptors (Lipinski definition) is 3. The van der Waals surface area contributed by atoms with Gasteiger partial charge in [-0.05, 0) is 42.0 Å². The number of anilines is 2. The Morgan fingerprint density at radius 3 is 2.17 bits per heavy atom. The SMILES string of the molecule is Nc1cccc(CN2CCN(c3ccc(C(F)(F)F)cc3)CC2)c1. The normalized spacial score (nSPS) is 16.4. The highest BCUT2D eigenvalue weighted by Crippen LogP contribution is 2.30. The molecule has 0 atom stereocenters. The molecule has 1 saturated heterocycles. The van der Waals surface area contributed by atoms with Crippen LogP contribution < -0.4 is 10.6 Å². The Morgan fingerprint density at radius 1 is 0.917 bits per heavy atom. The lowest BCUT2D eigenvalue weighted by atomic mass is 10.1. The molecule has 3 nitrogen and oxygen atoms in total. The van der Waals surface area contributed by atoms with Crippen LogP contribution in [0.3, 0.4) is 0 Å². The van der Waals surface area contributed by atoms with Gasteiger partial charge < -0.3 is 10.6 Å². The van der Waals surface area contributed by atoms with Gasteiger partial charge in [0.05, 0.1) is 5.56 Å². The molecule has 0 unspecified atom stereocenters. The summed E-state index contributed by atoms with van der Waals surface area (Å²) >= 11 is 0.